The highest BCUT2D eigenvalue weighted by Crippen LogP contribution is 2.32. The van der Waals surface area contributed by atoms with Gasteiger partial charge in [-0.25, -0.2) is 9.79 Å². The quantitative estimate of drug-likeness (QED) is 0.183. The number of rotatable bonds is 7. The van der Waals surface area contributed by atoms with Crippen LogP contribution in [0.15, 0.2) is 105 Å². The molecule has 0 spiro atoms. The van der Waals surface area contributed by atoms with Gasteiger partial charge >= 0.3 is 11.9 Å². The Morgan fingerprint density at radius 1 is 1.05 bits per heavy atom. The minimum atomic E-state index is -0.704. The molecule has 0 bridgehead atoms. The van der Waals surface area contributed by atoms with Crippen molar-refractivity contribution in [3.63, 3.8) is 0 Å². The van der Waals surface area contributed by atoms with E-state index in [1.807, 2.05) is 66.9 Å². The summed E-state index contributed by atoms with van der Waals surface area (Å²) in [5.41, 5.74) is 2.89. The summed E-state index contributed by atoms with van der Waals surface area (Å²) in [4.78, 5) is 45.0. The van der Waals surface area contributed by atoms with Crippen molar-refractivity contribution in [2.75, 3.05) is 6.26 Å². The lowest BCUT2D eigenvalue weighted by molar-refractivity contribution is -0.141. The molecule has 0 radical (unpaired) electrons. The van der Waals surface area contributed by atoms with E-state index >= 15 is 0 Å². The summed E-state index contributed by atoms with van der Waals surface area (Å²) < 4.78 is 12.9. The zero-order valence-corrected chi connectivity index (χ0v) is 23.8. The van der Waals surface area contributed by atoms with E-state index in [4.69, 9.17) is 9.47 Å². The van der Waals surface area contributed by atoms with Gasteiger partial charge < -0.3 is 9.47 Å². The van der Waals surface area contributed by atoms with Gasteiger partial charge in [0.25, 0.3) is 5.56 Å². The molecule has 7 nitrogen and oxygen atoms in total. The molecule has 3 aromatic carbocycles. The zero-order chi connectivity index (χ0) is 28.2. The first kappa shape index (κ1) is 27.4. The molecule has 1 aliphatic rings. The third kappa shape index (κ3) is 5.85. The number of esters is 2. The van der Waals surface area contributed by atoms with E-state index in [9.17, 15) is 14.4 Å². The number of allylic oxidation sites excluding steroid dienone is 1. The lowest BCUT2D eigenvalue weighted by atomic mass is 9.96. The van der Waals surface area contributed by atoms with E-state index in [1.165, 1.54) is 18.3 Å². The summed E-state index contributed by atoms with van der Waals surface area (Å²) in [5.74, 6) is -0.557. The van der Waals surface area contributed by atoms with Gasteiger partial charge in [0, 0.05) is 11.8 Å². The van der Waals surface area contributed by atoms with Crippen LogP contribution in [0.3, 0.4) is 0 Å². The van der Waals surface area contributed by atoms with Crippen molar-refractivity contribution in [2.45, 2.75) is 31.4 Å². The normalized spacial score (nSPS) is 14.9. The van der Waals surface area contributed by atoms with Crippen LogP contribution in [0.4, 0.5) is 0 Å². The third-order valence-electron chi connectivity index (χ3n) is 6.30. The van der Waals surface area contributed by atoms with Gasteiger partial charge in [-0.15, -0.1) is 11.8 Å². The van der Waals surface area contributed by atoms with Gasteiger partial charge in [0.1, 0.15) is 12.4 Å². The van der Waals surface area contributed by atoms with Crippen LogP contribution in [0.2, 0.25) is 0 Å². The highest BCUT2D eigenvalue weighted by atomic mass is 32.2. The standard InChI is InChI=1S/C31H26N2O5S2/c1-19-27(30(36)37-18-21-8-5-4-6-9-21)28(23-12-14-25(39-3)15-13-23)33-29(35)26(40-31(33)32-19)17-22-10-7-11-24(16-22)38-20(2)34/h4-17,28H,18H2,1-3H3. The highest BCUT2D eigenvalue weighted by molar-refractivity contribution is 7.98. The Morgan fingerprint density at radius 3 is 2.50 bits per heavy atom. The monoisotopic (exact) mass is 570 g/mol. The van der Waals surface area contributed by atoms with Gasteiger partial charge in [0.15, 0.2) is 4.80 Å². The number of benzene rings is 3. The van der Waals surface area contributed by atoms with Gasteiger partial charge in [0.05, 0.1) is 21.8 Å². The van der Waals surface area contributed by atoms with Crippen molar-refractivity contribution in [3.05, 3.63) is 127 Å². The Balaban J connectivity index is 1.59. The maximum Gasteiger partial charge on any atom is 0.338 e. The Bertz CT molecular complexity index is 1790. The van der Waals surface area contributed by atoms with Crippen LogP contribution >= 0.6 is 23.1 Å². The first-order valence-corrected chi connectivity index (χ1v) is 14.5. The second kappa shape index (κ2) is 11.9. The number of carbonyl (C=O) groups is 2. The number of thioether (sulfide) groups is 1. The number of hydrogen-bond acceptors (Lipinski definition) is 8. The smallest absolute Gasteiger partial charge is 0.338 e. The van der Waals surface area contributed by atoms with Crippen molar-refractivity contribution in [2.24, 2.45) is 4.99 Å². The first-order valence-electron chi connectivity index (χ1n) is 12.5. The van der Waals surface area contributed by atoms with E-state index in [0.717, 1.165) is 16.0 Å². The van der Waals surface area contributed by atoms with Crippen LogP contribution in [0.25, 0.3) is 6.08 Å². The highest BCUT2D eigenvalue weighted by Gasteiger charge is 2.33. The fourth-order valence-corrected chi connectivity index (χ4v) is 5.93. The molecule has 2 heterocycles. The number of hydrogen-bond donors (Lipinski definition) is 0. The third-order valence-corrected chi connectivity index (χ3v) is 8.03. The van der Waals surface area contributed by atoms with Gasteiger partial charge in [-0.2, -0.15) is 0 Å². The Kier molecular flexibility index (Phi) is 8.14. The molecular formula is C31H26N2O5S2. The fraction of sp³-hybridized carbons (Fsp3) is 0.161. The van der Waals surface area contributed by atoms with Gasteiger partial charge in [-0.1, -0.05) is 65.9 Å². The molecule has 1 aromatic heterocycles. The van der Waals surface area contributed by atoms with Crippen LogP contribution in [-0.2, 0) is 20.9 Å². The van der Waals surface area contributed by atoms with Crippen molar-refractivity contribution in [3.8, 4) is 5.75 Å². The maximum atomic E-state index is 13.9. The van der Waals surface area contributed by atoms with Crippen molar-refractivity contribution in [1.82, 2.24) is 4.57 Å². The van der Waals surface area contributed by atoms with Crippen molar-refractivity contribution in [1.29, 1.82) is 0 Å². The van der Waals surface area contributed by atoms with E-state index in [2.05, 4.69) is 4.99 Å². The van der Waals surface area contributed by atoms with E-state index in [-0.39, 0.29) is 12.2 Å². The van der Waals surface area contributed by atoms with Gasteiger partial charge in [-0.05, 0) is 60.2 Å². The minimum Gasteiger partial charge on any atom is -0.457 e. The molecule has 1 atom stereocenters. The maximum absolute atomic E-state index is 13.9. The molecule has 0 saturated heterocycles. The zero-order valence-electron chi connectivity index (χ0n) is 22.1. The van der Waals surface area contributed by atoms with E-state index in [1.54, 1.807) is 47.5 Å². The summed E-state index contributed by atoms with van der Waals surface area (Å²) >= 11 is 2.85. The van der Waals surface area contributed by atoms with Crippen LogP contribution in [0.1, 0.15) is 36.6 Å². The lowest BCUT2D eigenvalue weighted by Crippen LogP contribution is -2.39. The fourth-order valence-electron chi connectivity index (χ4n) is 4.47. The second-order valence-corrected chi connectivity index (χ2v) is 11.0. The number of fused-ring (bicyclic) bond motifs is 1. The minimum absolute atomic E-state index is 0.109. The summed E-state index contributed by atoms with van der Waals surface area (Å²) in [6.07, 6.45) is 3.72. The molecule has 0 saturated carbocycles. The number of ether oxygens (including phenoxy) is 2. The Morgan fingerprint density at radius 2 is 1.80 bits per heavy atom. The predicted octanol–water partition coefficient (Wildman–Crippen LogP) is 4.63. The average Bonchev–Trinajstić information content (AvgIpc) is 3.25. The summed E-state index contributed by atoms with van der Waals surface area (Å²) in [6, 6.07) is 23.5. The lowest BCUT2D eigenvalue weighted by Gasteiger charge is -2.25. The molecule has 0 N–H and O–H groups in total. The van der Waals surface area contributed by atoms with E-state index in [0.29, 0.717) is 31.9 Å². The molecule has 0 fully saturated rings. The molecular weight excluding hydrogens is 544 g/mol. The molecule has 5 rings (SSSR count). The summed E-state index contributed by atoms with van der Waals surface area (Å²) in [7, 11) is 0. The molecule has 40 heavy (non-hydrogen) atoms. The summed E-state index contributed by atoms with van der Waals surface area (Å²) in [5, 5.41) is 0. The number of thiazole rings is 1. The van der Waals surface area contributed by atoms with Gasteiger partial charge in [-0.3, -0.25) is 14.2 Å². The van der Waals surface area contributed by atoms with Crippen LogP contribution in [-0.4, -0.2) is 22.8 Å². The molecule has 0 amide bonds. The first-order chi connectivity index (χ1) is 19.3. The van der Waals surface area contributed by atoms with Crippen LogP contribution < -0.4 is 19.6 Å². The van der Waals surface area contributed by atoms with Gasteiger partial charge in [0.2, 0.25) is 0 Å². The molecule has 1 unspecified atom stereocenters. The second-order valence-electron chi connectivity index (χ2n) is 9.08. The topological polar surface area (TPSA) is 87.0 Å². The Hall–Kier alpha value is -4.21. The summed E-state index contributed by atoms with van der Waals surface area (Å²) in [6.45, 7) is 3.21. The molecule has 9 heteroatoms. The van der Waals surface area contributed by atoms with Crippen LogP contribution in [0, 0.1) is 0 Å². The van der Waals surface area contributed by atoms with E-state index < -0.39 is 18.0 Å². The molecule has 1 aliphatic heterocycles. The van der Waals surface area contributed by atoms with Crippen molar-refractivity contribution >= 4 is 41.1 Å². The average molecular weight is 571 g/mol. The predicted molar refractivity (Wildman–Crippen MR) is 156 cm³/mol. The molecule has 4 aromatic rings. The number of nitrogens with zero attached hydrogens (tertiary/aromatic N) is 2. The molecule has 0 aliphatic carbocycles. The molecule has 202 valence electrons. The van der Waals surface area contributed by atoms with Crippen LogP contribution in [0.5, 0.6) is 5.75 Å². The SMILES string of the molecule is CSc1ccc(C2C(C(=O)OCc3ccccc3)=C(C)N=c3sc(=Cc4cccc(OC(C)=O)c4)c(=O)n32)cc1. The number of aromatic nitrogens is 1. The number of carbonyl (C=O) groups excluding carboxylic acids is 2. The van der Waals surface area contributed by atoms with Crippen molar-refractivity contribution < 1.29 is 19.1 Å². The largest absolute Gasteiger partial charge is 0.457 e. The Labute approximate surface area is 239 Å².